The molecule has 0 aliphatic rings. The van der Waals surface area contributed by atoms with Crippen LogP contribution in [0.15, 0.2) is 12.2 Å². The summed E-state index contributed by atoms with van der Waals surface area (Å²) >= 11 is 0. The lowest BCUT2D eigenvalue weighted by atomic mass is 10.0. The molecule has 0 saturated carbocycles. The molecule has 0 heterocycles. The fourth-order valence-electron chi connectivity index (χ4n) is 0.605. The first-order chi connectivity index (χ1) is 4.84. The standard InChI is InChI=1S/C8H13F3/c1-6(2)4-5-7(3)8(9,10)11/h6H,3-5H2,1-2H3. The Bertz CT molecular complexity index is 133. The third-order valence-electron chi connectivity index (χ3n) is 1.42. The Morgan fingerprint density at radius 3 is 2.09 bits per heavy atom. The second kappa shape index (κ2) is 3.79. The van der Waals surface area contributed by atoms with E-state index in [-0.39, 0.29) is 6.42 Å². The fraction of sp³-hybridized carbons (Fsp3) is 0.750. The van der Waals surface area contributed by atoms with Gasteiger partial charge in [0.1, 0.15) is 0 Å². The molecule has 0 aromatic carbocycles. The number of allylic oxidation sites excluding steroid dienone is 1. The van der Waals surface area contributed by atoms with Crippen molar-refractivity contribution >= 4 is 0 Å². The first kappa shape index (κ1) is 10.5. The van der Waals surface area contributed by atoms with Crippen LogP contribution in [0, 0.1) is 5.92 Å². The molecule has 0 saturated heterocycles. The van der Waals surface area contributed by atoms with Crippen LogP contribution in [0.25, 0.3) is 0 Å². The van der Waals surface area contributed by atoms with Gasteiger partial charge in [-0.15, -0.1) is 0 Å². The molecular formula is C8H13F3. The van der Waals surface area contributed by atoms with Crippen molar-refractivity contribution in [2.24, 2.45) is 5.92 Å². The molecule has 0 aliphatic carbocycles. The second-order valence-corrected chi connectivity index (χ2v) is 3.03. The average molecular weight is 166 g/mol. The van der Waals surface area contributed by atoms with E-state index in [1.807, 2.05) is 13.8 Å². The smallest absolute Gasteiger partial charge is 0.167 e. The molecule has 0 spiro atoms. The Hall–Kier alpha value is -0.470. The number of hydrogen-bond acceptors (Lipinski definition) is 0. The van der Waals surface area contributed by atoms with Crippen LogP contribution in [0.3, 0.4) is 0 Å². The zero-order valence-electron chi connectivity index (χ0n) is 6.83. The predicted octanol–water partition coefficient (Wildman–Crippen LogP) is 3.54. The number of rotatable bonds is 3. The molecule has 0 aromatic heterocycles. The van der Waals surface area contributed by atoms with E-state index in [1.165, 1.54) is 0 Å². The van der Waals surface area contributed by atoms with Crippen molar-refractivity contribution in [2.45, 2.75) is 32.9 Å². The third-order valence-corrected chi connectivity index (χ3v) is 1.42. The third kappa shape index (κ3) is 4.87. The number of hydrogen-bond donors (Lipinski definition) is 0. The van der Waals surface area contributed by atoms with E-state index < -0.39 is 11.7 Å². The molecule has 0 rings (SSSR count). The average Bonchev–Trinajstić information content (AvgIpc) is 1.80. The monoisotopic (exact) mass is 166 g/mol. The van der Waals surface area contributed by atoms with E-state index in [4.69, 9.17) is 0 Å². The molecule has 0 amide bonds. The number of alkyl halides is 3. The SMILES string of the molecule is C=C(CCC(C)C)C(F)(F)F. The van der Waals surface area contributed by atoms with Gasteiger partial charge in [0.25, 0.3) is 0 Å². The van der Waals surface area contributed by atoms with E-state index in [1.54, 1.807) is 0 Å². The molecule has 3 heteroatoms. The molecule has 0 fully saturated rings. The summed E-state index contributed by atoms with van der Waals surface area (Å²) in [4.78, 5) is 0. The Morgan fingerprint density at radius 1 is 1.36 bits per heavy atom. The van der Waals surface area contributed by atoms with Gasteiger partial charge in [0, 0.05) is 5.57 Å². The highest BCUT2D eigenvalue weighted by Gasteiger charge is 2.30. The van der Waals surface area contributed by atoms with E-state index >= 15 is 0 Å². The molecule has 0 nitrogen and oxygen atoms in total. The maximum absolute atomic E-state index is 11.8. The Balaban J connectivity index is 3.71. The number of halogens is 3. The summed E-state index contributed by atoms with van der Waals surface area (Å²) in [6.07, 6.45) is -3.59. The van der Waals surface area contributed by atoms with Gasteiger partial charge in [-0.25, -0.2) is 0 Å². The predicted molar refractivity (Wildman–Crippen MR) is 39.3 cm³/mol. The lowest BCUT2D eigenvalue weighted by Crippen LogP contribution is -2.11. The molecule has 0 unspecified atom stereocenters. The normalized spacial score (nSPS) is 12.2. The van der Waals surface area contributed by atoms with Gasteiger partial charge in [-0.1, -0.05) is 20.4 Å². The zero-order valence-corrected chi connectivity index (χ0v) is 6.83. The Labute approximate surface area is 65.1 Å². The van der Waals surface area contributed by atoms with E-state index in [0.29, 0.717) is 12.3 Å². The minimum atomic E-state index is -4.20. The van der Waals surface area contributed by atoms with Crippen LogP contribution in [0.5, 0.6) is 0 Å². The van der Waals surface area contributed by atoms with Gasteiger partial charge in [-0.3, -0.25) is 0 Å². The summed E-state index contributed by atoms with van der Waals surface area (Å²) < 4.78 is 35.4. The molecule has 11 heavy (non-hydrogen) atoms. The highest BCUT2D eigenvalue weighted by atomic mass is 19.4. The van der Waals surface area contributed by atoms with E-state index in [0.717, 1.165) is 0 Å². The van der Waals surface area contributed by atoms with Gasteiger partial charge in [0.2, 0.25) is 0 Å². The molecule has 0 N–H and O–H groups in total. The molecule has 0 aromatic rings. The van der Waals surface area contributed by atoms with Gasteiger partial charge in [-0.05, 0) is 18.8 Å². The van der Waals surface area contributed by atoms with Crippen molar-refractivity contribution < 1.29 is 13.2 Å². The van der Waals surface area contributed by atoms with Crippen molar-refractivity contribution in [3.05, 3.63) is 12.2 Å². The van der Waals surface area contributed by atoms with Gasteiger partial charge in [-0.2, -0.15) is 13.2 Å². The summed E-state index contributed by atoms with van der Waals surface area (Å²) in [7, 11) is 0. The lowest BCUT2D eigenvalue weighted by molar-refractivity contribution is -0.0939. The lowest BCUT2D eigenvalue weighted by Gasteiger charge is -2.10. The summed E-state index contributed by atoms with van der Waals surface area (Å²) in [5.41, 5.74) is -0.619. The maximum atomic E-state index is 11.8. The van der Waals surface area contributed by atoms with Crippen LogP contribution in [-0.4, -0.2) is 6.18 Å². The first-order valence-corrected chi connectivity index (χ1v) is 3.59. The van der Waals surface area contributed by atoms with Gasteiger partial charge in [0.05, 0.1) is 0 Å². The van der Waals surface area contributed by atoms with Crippen LogP contribution in [-0.2, 0) is 0 Å². The topological polar surface area (TPSA) is 0 Å². The summed E-state index contributed by atoms with van der Waals surface area (Å²) in [6.45, 7) is 6.76. The molecular weight excluding hydrogens is 153 g/mol. The van der Waals surface area contributed by atoms with Crippen LogP contribution in [0.1, 0.15) is 26.7 Å². The molecule has 0 aliphatic heterocycles. The van der Waals surface area contributed by atoms with Crippen molar-refractivity contribution in [1.29, 1.82) is 0 Å². The molecule has 0 atom stereocenters. The minimum Gasteiger partial charge on any atom is -0.167 e. The largest absolute Gasteiger partial charge is 0.412 e. The summed E-state index contributed by atoms with van der Waals surface area (Å²) in [5.74, 6) is 0.300. The second-order valence-electron chi connectivity index (χ2n) is 3.03. The van der Waals surface area contributed by atoms with Crippen molar-refractivity contribution in [3.8, 4) is 0 Å². The van der Waals surface area contributed by atoms with Gasteiger partial charge in [0.15, 0.2) is 0 Å². The highest BCUT2D eigenvalue weighted by Crippen LogP contribution is 2.28. The van der Waals surface area contributed by atoms with Crippen LogP contribution in [0.2, 0.25) is 0 Å². The Morgan fingerprint density at radius 2 is 1.82 bits per heavy atom. The summed E-state index contributed by atoms with van der Waals surface area (Å²) in [6, 6.07) is 0. The highest BCUT2D eigenvalue weighted by molar-refractivity contribution is 5.01. The van der Waals surface area contributed by atoms with Crippen molar-refractivity contribution in [3.63, 3.8) is 0 Å². The summed E-state index contributed by atoms with van der Waals surface area (Å²) in [5, 5.41) is 0. The molecule has 66 valence electrons. The van der Waals surface area contributed by atoms with Crippen LogP contribution >= 0.6 is 0 Å². The fourth-order valence-corrected chi connectivity index (χ4v) is 0.605. The van der Waals surface area contributed by atoms with Crippen LogP contribution < -0.4 is 0 Å². The first-order valence-electron chi connectivity index (χ1n) is 3.59. The quantitative estimate of drug-likeness (QED) is 0.562. The minimum absolute atomic E-state index is 0.0567. The van der Waals surface area contributed by atoms with Gasteiger partial charge < -0.3 is 0 Å². The molecule has 0 bridgehead atoms. The zero-order chi connectivity index (χ0) is 9.07. The van der Waals surface area contributed by atoms with Crippen LogP contribution in [0.4, 0.5) is 13.2 Å². The van der Waals surface area contributed by atoms with E-state index in [2.05, 4.69) is 6.58 Å². The maximum Gasteiger partial charge on any atom is 0.412 e. The van der Waals surface area contributed by atoms with Crippen molar-refractivity contribution in [1.82, 2.24) is 0 Å². The Kier molecular flexibility index (Phi) is 3.63. The van der Waals surface area contributed by atoms with Gasteiger partial charge >= 0.3 is 6.18 Å². The van der Waals surface area contributed by atoms with E-state index in [9.17, 15) is 13.2 Å². The molecule has 0 radical (unpaired) electrons. The van der Waals surface area contributed by atoms with Crippen molar-refractivity contribution in [2.75, 3.05) is 0 Å².